The molecule has 2 aliphatic rings. The molecular formula is C29H40F3N3O2Si. The number of carbonyl (C=O) groups is 1. The summed E-state index contributed by atoms with van der Waals surface area (Å²) in [6, 6.07) is 9.51. The van der Waals surface area contributed by atoms with Crippen LogP contribution < -0.4 is 15.5 Å². The first kappa shape index (κ1) is 28.5. The maximum absolute atomic E-state index is 13.2. The average molecular weight is 548 g/mol. The summed E-state index contributed by atoms with van der Waals surface area (Å²) in [5.41, 5.74) is 3.97. The second kappa shape index (κ2) is 10.6. The maximum atomic E-state index is 13.2. The van der Waals surface area contributed by atoms with Gasteiger partial charge in [0.25, 0.3) is 0 Å². The Kier molecular flexibility index (Phi) is 7.92. The highest BCUT2D eigenvalue weighted by atomic mass is 28.4. The molecule has 1 aliphatic carbocycles. The van der Waals surface area contributed by atoms with E-state index in [1.54, 1.807) is 13.1 Å². The van der Waals surface area contributed by atoms with Crippen molar-refractivity contribution in [3.8, 4) is 0 Å². The number of hydrogen-bond acceptors (Lipinski definition) is 3. The first-order chi connectivity index (χ1) is 17.7. The number of nitrogens with one attached hydrogen (secondary N) is 2. The van der Waals surface area contributed by atoms with Crippen molar-refractivity contribution >= 4 is 25.7 Å². The number of likely N-dealkylation sites (N-methyl/N-ethyl adjacent to an activating group) is 1. The third kappa shape index (κ3) is 6.20. The Morgan fingerprint density at radius 2 is 1.79 bits per heavy atom. The Morgan fingerprint density at radius 1 is 1.08 bits per heavy atom. The monoisotopic (exact) mass is 547 g/mol. The third-order valence-electron chi connectivity index (χ3n) is 8.54. The Hall–Kier alpha value is -2.52. The summed E-state index contributed by atoms with van der Waals surface area (Å²) in [4.78, 5) is 14.8. The van der Waals surface area contributed by atoms with Crippen LogP contribution in [0, 0.1) is 0 Å². The quantitative estimate of drug-likeness (QED) is 0.391. The Balaban J connectivity index is 1.39. The molecule has 2 aromatic carbocycles. The third-order valence-corrected chi connectivity index (χ3v) is 13.1. The fourth-order valence-electron chi connectivity index (χ4n) is 5.18. The van der Waals surface area contributed by atoms with Crippen molar-refractivity contribution in [1.29, 1.82) is 0 Å². The minimum absolute atomic E-state index is 0.0937. The largest absolute Gasteiger partial charge is 0.416 e. The number of benzene rings is 2. The van der Waals surface area contributed by atoms with Gasteiger partial charge < -0.3 is 20.0 Å². The van der Waals surface area contributed by atoms with Crippen molar-refractivity contribution in [1.82, 2.24) is 5.32 Å². The van der Waals surface area contributed by atoms with E-state index in [0.29, 0.717) is 18.7 Å². The zero-order valence-electron chi connectivity index (χ0n) is 23.3. The van der Waals surface area contributed by atoms with Gasteiger partial charge in [-0.05, 0) is 85.1 Å². The van der Waals surface area contributed by atoms with Gasteiger partial charge in [-0.25, -0.2) is 4.79 Å². The van der Waals surface area contributed by atoms with E-state index in [1.807, 2.05) is 17.0 Å². The van der Waals surface area contributed by atoms with Gasteiger partial charge in [0.1, 0.15) is 0 Å². The lowest BCUT2D eigenvalue weighted by atomic mass is 9.88. The van der Waals surface area contributed by atoms with Gasteiger partial charge in [0, 0.05) is 37.1 Å². The van der Waals surface area contributed by atoms with Crippen LogP contribution in [0.3, 0.4) is 0 Å². The number of carbonyl (C=O) groups excluding carboxylic acids is 1. The van der Waals surface area contributed by atoms with Gasteiger partial charge in [-0.1, -0.05) is 39.0 Å². The van der Waals surface area contributed by atoms with Gasteiger partial charge in [-0.3, -0.25) is 0 Å². The molecular weight excluding hydrogens is 507 g/mol. The van der Waals surface area contributed by atoms with Crippen molar-refractivity contribution in [3.05, 3.63) is 58.7 Å². The van der Waals surface area contributed by atoms with Gasteiger partial charge in [0.2, 0.25) is 0 Å². The van der Waals surface area contributed by atoms with Crippen LogP contribution in [0.5, 0.6) is 0 Å². The number of nitrogens with zero attached hydrogens (tertiary/aromatic N) is 1. The van der Waals surface area contributed by atoms with Crippen molar-refractivity contribution in [2.45, 2.75) is 89.3 Å². The number of aryl methyl sites for hydroxylation is 2. The lowest BCUT2D eigenvalue weighted by Crippen LogP contribution is -2.46. The number of anilines is 2. The lowest BCUT2D eigenvalue weighted by Gasteiger charge is -2.40. The number of halogens is 3. The average Bonchev–Trinajstić information content (AvgIpc) is 2.82. The summed E-state index contributed by atoms with van der Waals surface area (Å²) >= 11 is 0. The van der Waals surface area contributed by atoms with E-state index < -0.39 is 20.1 Å². The van der Waals surface area contributed by atoms with Crippen LogP contribution in [0.1, 0.15) is 55.9 Å². The smallest absolute Gasteiger partial charge is 0.414 e. The zero-order valence-corrected chi connectivity index (χ0v) is 24.3. The maximum Gasteiger partial charge on any atom is 0.416 e. The minimum Gasteiger partial charge on any atom is -0.414 e. The van der Waals surface area contributed by atoms with Crippen LogP contribution in [-0.2, 0) is 29.9 Å². The summed E-state index contributed by atoms with van der Waals surface area (Å²) in [5.74, 6) is 0. The van der Waals surface area contributed by atoms with Crippen LogP contribution in [0.25, 0.3) is 0 Å². The highest BCUT2D eigenvalue weighted by molar-refractivity contribution is 6.74. The lowest BCUT2D eigenvalue weighted by molar-refractivity contribution is -0.137. The standard InChI is InChI=1S/C29H40F3N3O2Si/c1-28(2,3)38(5,6)37-23-15-12-19-8-7-9-25(24(19)17-23)34-27(36)33-18-22-14-11-20-10-13-21(29(30,31)32)16-26(20)35(22)4/h7-10,13,16,22-23H,11-12,14-15,17-18H2,1-6H3,(H2,33,34,36). The van der Waals surface area contributed by atoms with Crippen molar-refractivity contribution in [3.63, 3.8) is 0 Å². The molecule has 2 unspecified atom stereocenters. The fourth-order valence-corrected chi connectivity index (χ4v) is 6.56. The van der Waals surface area contributed by atoms with Crippen LogP contribution in [0.2, 0.25) is 18.1 Å². The summed E-state index contributed by atoms with van der Waals surface area (Å²) < 4.78 is 46.4. The van der Waals surface area contributed by atoms with Crippen LogP contribution in [0.4, 0.5) is 29.3 Å². The molecule has 1 aliphatic heterocycles. The SMILES string of the molecule is CN1c2cc(C(F)(F)F)ccc2CCC1CNC(=O)Nc1cccc2c1CC(O[Si](C)(C)C(C)(C)C)CC2. The summed E-state index contributed by atoms with van der Waals surface area (Å²) in [5, 5.41) is 6.10. The molecule has 1 heterocycles. The first-order valence-electron chi connectivity index (χ1n) is 13.4. The van der Waals surface area contributed by atoms with E-state index in [1.165, 1.54) is 11.6 Å². The van der Waals surface area contributed by atoms with Gasteiger partial charge in [0.05, 0.1) is 5.56 Å². The molecule has 2 aromatic rings. The van der Waals surface area contributed by atoms with Gasteiger partial charge in [-0.2, -0.15) is 13.2 Å². The van der Waals surface area contributed by atoms with E-state index in [4.69, 9.17) is 4.43 Å². The summed E-state index contributed by atoms with van der Waals surface area (Å²) in [6.45, 7) is 11.6. The van der Waals surface area contributed by atoms with E-state index in [9.17, 15) is 18.0 Å². The first-order valence-corrected chi connectivity index (χ1v) is 16.3. The molecule has 38 heavy (non-hydrogen) atoms. The molecule has 0 radical (unpaired) electrons. The molecule has 0 saturated carbocycles. The van der Waals surface area contributed by atoms with E-state index in [0.717, 1.165) is 48.6 Å². The zero-order chi connectivity index (χ0) is 27.9. The number of urea groups is 1. The van der Waals surface area contributed by atoms with E-state index in [2.05, 4.69) is 50.6 Å². The molecule has 2 N–H and O–H groups in total. The van der Waals surface area contributed by atoms with E-state index >= 15 is 0 Å². The van der Waals surface area contributed by atoms with Crippen LogP contribution in [-0.4, -0.2) is 40.1 Å². The molecule has 0 aromatic heterocycles. The molecule has 0 spiro atoms. The Morgan fingerprint density at radius 3 is 2.47 bits per heavy atom. The molecule has 0 saturated heterocycles. The number of amides is 2. The highest BCUT2D eigenvalue weighted by Crippen LogP contribution is 2.40. The van der Waals surface area contributed by atoms with Crippen LogP contribution >= 0.6 is 0 Å². The fraction of sp³-hybridized carbons (Fsp3) is 0.552. The predicted octanol–water partition coefficient (Wildman–Crippen LogP) is 7.16. The van der Waals surface area contributed by atoms with Gasteiger partial charge in [0.15, 0.2) is 8.32 Å². The van der Waals surface area contributed by atoms with E-state index in [-0.39, 0.29) is 23.2 Å². The normalized spacial score (nSPS) is 20.0. The highest BCUT2D eigenvalue weighted by Gasteiger charge is 2.40. The summed E-state index contributed by atoms with van der Waals surface area (Å²) in [6.07, 6.45) is -0.173. The summed E-state index contributed by atoms with van der Waals surface area (Å²) in [7, 11) is -0.117. The molecule has 4 rings (SSSR count). The predicted molar refractivity (Wildman–Crippen MR) is 150 cm³/mol. The number of fused-ring (bicyclic) bond motifs is 2. The molecule has 0 bridgehead atoms. The molecule has 2 amide bonds. The van der Waals surface area contributed by atoms with Crippen LogP contribution in [0.15, 0.2) is 36.4 Å². The number of alkyl halides is 3. The van der Waals surface area contributed by atoms with Gasteiger partial charge >= 0.3 is 12.2 Å². The molecule has 0 fully saturated rings. The Labute approximate surface area is 225 Å². The molecule has 2 atom stereocenters. The number of rotatable bonds is 5. The second-order valence-corrected chi connectivity index (χ2v) is 16.9. The molecule has 5 nitrogen and oxygen atoms in total. The second-order valence-electron chi connectivity index (χ2n) is 12.2. The van der Waals surface area contributed by atoms with Crippen molar-refractivity contribution in [2.75, 3.05) is 23.8 Å². The minimum atomic E-state index is -4.38. The Bertz CT molecular complexity index is 1180. The van der Waals surface area contributed by atoms with Crippen molar-refractivity contribution < 1.29 is 22.4 Å². The molecule has 9 heteroatoms. The topological polar surface area (TPSA) is 53.6 Å². The van der Waals surface area contributed by atoms with Crippen molar-refractivity contribution in [2.24, 2.45) is 0 Å². The van der Waals surface area contributed by atoms with Gasteiger partial charge in [-0.15, -0.1) is 0 Å². The number of hydrogen-bond donors (Lipinski definition) is 2. The molecule has 208 valence electrons.